The summed E-state index contributed by atoms with van der Waals surface area (Å²) in [6.07, 6.45) is 0. The largest absolute Gasteiger partial charge is 0.469 e. The number of esters is 1. The molecule has 0 N–H and O–H groups in total. The molecule has 1 aromatic rings. The maximum absolute atomic E-state index is 12.3. The minimum absolute atomic E-state index is 0.233. The van der Waals surface area contributed by atoms with Crippen molar-refractivity contribution in [3.05, 3.63) is 29.8 Å². The van der Waals surface area contributed by atoms with Crippen LogP contribution in [-0.2, 0) is 19.4 Å². The maximum atomic E-state index is 12.3. The third-order valence-corrected chi connectivity index (χ3v) is 5.43. The van der Waals surface area contributed by atoms with E-state index in [0.717, 1.165) is 5.56 Å². The minimum Gasteiger partial charge on any atom is -0.469 e. The van der Waals surface area contributed by atoms with Crippen molar-refractivity contribution in [1.82, 2.24) is 0 Å². The Bertz CT molecular complexity index is 516. The van der Waals surface area contributed by atoms with Crippen LogP contribution >= 0.6 is 0 Å². The quantitative estimate of drug-likeness (QED) is 0.785. The number of rotatable bonds is 4. The van der Waals surface area contributed by atoms with Crippen molar-refractivity contribution in [3.8, 4) is 0 Å². The van der Waals surface area contributed by atoms with Crippen LogP contribution in [0.3, 0.4) is 0 Å². The van der Waals surface area contributed by atoms with Gasteiger partial charge >= 0.3 is 5.97 Å². The molecule has 0 aliphatic heterocycles. The minimum atomic E-state index is -3.51. The molecular weight excluding hydrogens is 252 g/mol. The summed E-state index contributed by atoms with van der Waals surface area (Å²) in [6, 6.07) is 6.60. The van der Waals surface area contributed by atoms with Crippen LogP contribution in [-0.4, -0.2) is 26.7 Å². The Hall–Kier alpha value is -1.36. The van der Waals surface area contributed by atoms with Crippen molar-refractivity contribution in [2.24, 2.45) is 5.92 Å². The van der Waals surface area contributed by atoms with Gasteiger partial charge < -0.3 is 4.74 Å². The highest BCUT2D eigenvalue weighted by atomic mass is 32.2. The van der Waals surface area contributed by atoms with Gasteiger partial charge in [-0.05, 0) is 26.0 Å². The second-order valence-corrected chi connectivity index (χ2v) is 6.68. The molecule has 0 bridgehead atoms. The molecule has 0 aromatic heterocycles. The van der Waals surface area contributed by atoms with Gasteiger partial charge in [0, 0.05) is 0 Å². The third kappa shape index (κ3) is 2.90. The van der Waals surface area contributed by atoms with Gasteiger partial charge in [-0.2, -0.15) is 0 Å². The molecular formula is C13H18O4S. The zero-order valence-electron chi connectivity index (χ0n) is 11.0. The first-order valence-electron chi connectivity index (χ1n) is 5.69. The summed E-state index contributed by atoms with van der Waals surface area (Å²) in [5.41, 5.74) is 0.989. The monoisotopic (exact) mass is 270 g/mol. The summed E-state index contributed by atoms with van der Waals surface area (Å²) in [5.74, 6) is -1.21. The second-order valence-electron chi connectivity index (χ2n) is 4.38. The number of hydrogen-bond donors (Lipinski definition) is 0. The summed E-state index contributed by atoms with van der Waals surface area (Å²) in [7, 11) is -2.26. The maximum Gasteiger partial charge on any atom is 0.309 e. The third-order valence-electron chi connectivity index (χ3n) is 3.12. The van der Waals surface area contributed by atoms with E-state index in [1.165, 1.54) is 14.0 Å². The van der Waals surface area contributed by atoms with Crippen LogP contribution in [0.15, 0.2) is 29.2 Å². The highest BCUT2D eigenvalue weighted by Crippen LogP contribution is 2.22. The molecule has 1 rings (SSSR count). The Labute approximate surface area is 108 Å². The normalized spacial score (nSPS) is 14.9. The topological polar surface area (TPSA) is 60.4 Å². The van der Waals surface area contributed by atoms with Gasteiger partial charge in [-0.1, -0.05) is 24.6 Å². The standard InChI is InChI=1S/C13H18O4S/c1-9-5-7-12(8-6-9)18(15,16)11(3)10(2)13(14)17-4/h5-8,10-11H,1-4H3. The van der Waals surface area contributed by atoms with E-state index < -0.39 is 27.0 Å². The van der Waals surface area contributed by atoms with E-state index in [2.05, 4.69) is 4.74 Å². The molecule has 0 saturated heterocycles. The van der Waals surface area contributed by atoms with E-state index >= 15 is 0 Å². The molecule has 18 heavy (non-hydrogen) atoms. The molecule has 2 atom stereocenters. The number of methoxy groups -OCH3 is 1. The average molecular weight is 270 g/mol. The van der Waals surface area contributed by atoms with E-state index in [0.29, 0.717) is 0 Å². The lowest BCUT2D eigenvalue weighted by molar-refractivity contribution is -0.144. The Kier molecular flexibility index (Phi) is 4.51. The zero-order valence-corrected chi connectivity index (χ0v) is 11.8. The van der Waals surface area contributed by atoms with Gasteiger partial charge in [-0.15, -0.1) is 0 Å². The average Bonchev–Trinajstić information content (AvgIpc) is 2.36. The lowest BCUT2D eigenvalue weighted by atomic mass is 10.1. The number of hydrogen-bond acceptors (Lipinski definition) is 4. The molecule has 4 nitrogen and oxygen atoms in total. The molecule has 0 heterocycles. The zero-order chi connectivity index (χ0) is 13.9. The van der Waals surface area contributed by atoms with Crippen LogP contribution in [0.2, 0.25) is 0 Å². The second kappa shape index (κ2) is 5.52. The van der Waals surface area contributed by atoms with Crippen molar-refractivity contribution in [2.75, 3.05) is 7.11 Å². The predicted octanol–water partition coefficient (Wildman–Crippen LogP) is 1.97. The molecule has 0 aliphatic carbocycles. The van der Waals surface area contributed by atoms with Gasteiger partial charge in [-0.3, -0.25) is 4.79 Å². The first kappa shape index (κ1) is 14.7. The van der Waals surface area contributed by atoms with Crippen LogP contribution in [0.1, 0.15) is 19.4 Å². The SMILES string of the molecule is COC(=O)C(C)C(C)S(=O)(=O)c1ccc(C)cc1. The first-order valence-corrected chi connectivity index (χ1v) is 7.23. The van der Waals surface area contributed by atoms with Crippen molar-refractivity contribution in [2.45, 2.75) is 30.9 Å². The highest BCUT2D eigenvalue weighted by Gasteiger charge is 2.32. The van der Waals surface area contributed by atoms with E-state index in [9.17, 15) is 13.2 Å². The van der Waals surface area contributed by atoms with Gasteiger partial charge in [0.05, 0.1) is 23.2 Å². The van der Waals surface area contributed by atoms with Crippen molar-refractivity contribution >= 4 is 15.8 Å². The summed E-state index contributed by atoms with van der Waals surface area (Å²) in [6.45, 7) is 4.97. The Morgan fingerprint density at radius 1 is 1.17 bits per heavy atom. The molecule has 0 radical (unpaired) electrons. The van der Waals surface area contributed by atoms with Crippen LogP contribution in [0.25, 0.3) is 0 Å². The Morgan fingerprint density at radius 3 is 2.11 bits per heavy atom. The van der Waals surface area contributed by atoms with E-state index in [1.807, 2.05) is 6.92 Å². The number of benzene rings is 1. The number of sulfone groups is 1. The van der Waals surface area contributed by atoms with Crippen LogP contribution in [0.4, 0.5) is 0 Å². The molecule has 0 spiro atoms. The first-order chi connectivity index (χ1) is 8.30. The predicted molar refractivity (Wildman–Crippen MR) is 69.0 cm³/mol. The molecule has 0 fully saturated rings. The van der Waals surface area contributed by atoms with E-state index in [-0.39, 0.29) is 4.90 Å². The smallest absolute Gasteiger partial charge is 0.309 e. The number of ether oxygens (including phenoxy) is 1. The highest BCUT2D eigenvalue weighted by molar-refractivity contribution is 7.92. The molecule has 0 amide bonds. The van der Waals surface area contributed by atoms with Gasteiger partial charge in [0.2, 0.25) is 0 Å². The van der Waals surface area contributed by atoms with Crippen molar-refractivity contribution < 1.29 is 17.9 Å². The Morgan fingerprint density at radius 2 is 1.67 bits per heavy atom. The van der Waals surface area contributed by atoms with Crippen LogP contribution in [0.5, 0.6) is 0 Å². The van der Waals surface area contributed by atoms with Crippen molar-refractivity contribution in [1.29, 1.82) is 0 Å². The van der Waals surface area contributed by atoms with Gasteiger partial charge in [0.15, 0.2) is 9.84 Å². The fourth-order valence-corrected chi connectivity index (χ4v) is 3.18. The molecule has 100 valence electrons. The van der Waals surface area contributed by atoms with Crippen LogP contribution < -0.4 is 0 Å². The molecule has 0 aliphatic rings. The molecule has 5 heteroatoms. The van der Waals surface area contributed by atoms with Crippen molar-refractivity contribution in [3.63, 3.8) is 0 Å². The Balaban J connectivity index is 3.07. The summed E-state index contributed by atoms with van der Waals surface area (Å²) < 4.78 is 29.2. The number of carbonyl (C=O) groups is 1. The fourth-order valence-electron chi connectivity index (χ4n) is 1.59. The fraction of sp³-hybridized carbons (Fsp3) is 0.462. The molecule has 1 aromatic carbocycles. The lowest BCUT2D eigenvalue weighted by Gasteiger charge is -2.18. The van der Waals surface area contributed by atoms with E-state index in [4.69, 9.17) is 0 Å². The number of carbonyl (C=O) groups excluding carboxylic acids is 1. The molecule has 0 saturated carbocycles. The van der Waals surface area contributed by atoms with Gasteiger partial charge in [-0.25, -0.2) is 8.42 Å². The number of aryl methyl sites for hydroxylation is 1. The summed E-state index contributed by atoms with van der Waals surface area (Å²) in [4.78, 5) is 11.6. The summed E-state index contributed by atoms with van der Waals surface area (Å²) in [5, 5.41) is -0.812. The van der Waals surface area contributed by atoms with Crippen LogP contribution in [0, 0.1) is 12.8 Å². The molecule has 2 unspecified atom stereocenters. The van der Waals surface area contributed by atoms with Gasteiger partial charge in [0.25, 0.3) is 0 Å². The van der Waals surface area contributed by atoms with E-state index in [1.54, 1.807) is 31.2 Å². The van der Waals surface area contributed by atoms with Gasteiger partial charge in [0.1, 0.15) is 0 Å². The lowest BCUT2D eigenvalue weighted by Crippen LogP contribution is -2.31. The summed E-state index contributed by atoms with van der Waals surface area (Å²) >= 11 is 0.